The molecule has 0 spiro atoms. The summed E-state index contributed by atoms with van der Waals surface area (Å²) in [7, 11) is 0. The highest BCUT2D eigenvalue weighted by atomic mass is 79.9. The van der Waals surface area contributed by atoms with Crippen LogP contribution < -0.4 is 5.32 Å². The number of hydrogen-bond donors (Lipinski definition) is 1. The second-order valence-electron chi connectivity index (χ2n) is 4.99. The van der Waals surface area contributed by atoms with E-state index in [0.29, 0.717) is 6.04 Å². The van der Waals surface area contributed by atoms with Crippen LogP contribution in [0.15, 0.2) is 37.8 Å². The highest BCUT2D eigenvalue weighted by Gasteiger charge is 2.08. The van der Waals surface area contributed by atoms with Gasteiger partial charge in [0.2, 0.25) is 0 Å². The molecular weight excluding hydrogens is 384 g/mol. The zero-order valence-corrected chi connectivity index (χ0v) is 14.8. The monoisotopic (exact) mass is 400 g/mol. The number of benzene rings is 1. The van der Waals surface area contributed by atoms with Crippen molar-refractivity contribution in [2.45, 2.75) is 32.7 Å². The third kappa shape index (κ3) is 4.72. The Morgan fingerprint density at radius 1 is 1.20 bits per heavy atom. The molecule has 0 aliphatic heterocycles. The van der Waals surface area contributed by atoms with Gasteiger partial charge in [-0.15, -0.1) is 0 Å². The molecule has 0 saturated carbocycles. The van der Waals surface area contributed by atoms with Gasteiger partial charge >= 0.3 is 0 Å². The Balaban J connectivity index is 1.98. The minimum Gasteiger partial charge on any atom is -0.441 e. The Hall–Kier alpha value is -0.650. The first-order valence-corrected chi connectivity index (χ1v) is 8.28. The van der Waals surface area contributed by atoms with Crippen molar-refractivity contribution in [2.75, 3.05) is 6.54 Å². The van der Waals surface area contributed by atoms with Gasteiger partial charge in [0.1, 0.15) is 0 Å². The molecule has 20 heavy (non-hydrogen) atoms. The molecule has 0 amide bonds. The standard InChI is InChI=1S/C15H18Br2N2O/c1-10(2)18-5-3-4-15-19-9-14(20-15)11-6-12(16)8-13(17)7-11/h6-10,18H,3-5H2,1-2H3. The lowest BCUT2D eigenvalue weighted by molar-refractivity contribution is 0.484. The number of rotatable bonds is 6. The first-order valence-electron chi connectivity index (χ1n) is 6.69. The summed E-state index contributed by atoms with van der Waals surface area (Å²) in [6.07, 6.45) is 3.68. The summed E-state index contributed by atoms with van der Waals surface area (Å²) < 4.78 is 7.84. The molecule has 0 aliphatic rings. The highest BCUT2D eigenvalue weighted by Crippen LogP contribution is 2.28. The fourth-order valence-electron chi connectivity index (χ4n) is 1.89. The van der Waals surface area contributed by atoms with Crippen LogP contribution in [-0.2, 0) is 6.42 Å². The van der Waals surface area contributed by atoms with Gasteiger partial charge in [0.25, 0.3) is 0 Å². The molecule has 108 valence electrons. The van der Waals surface area contributed by atoms with Gasteiger partial charge in [0.15, 0.2) is 11.7 Å². The van der Waals surface area contributed by atoms with Gasteiger partial charge in [-0.25, -0.2) is 4.98 Å². The van der Waals surface area contributed by atoms with Crippen LogP contribution >= 0.6 is 31.9 Å². The molecule has 0 bridgehead atoms. The lowest BCUT2D eigenvalue weighted by Crippen LogP contribution is -2.23. The van der Waals surface area contributed by atoms with E-state index in [-0.39, 0.29) is 0 Å². The topological polar surface area (TPSA) is 38.1 Å². The molecule has 1 aromatic carbocycles. The lowest BCUT2D eigenvalue weighted by Gasteiger charge is -2.05. The van der Waals surface area contributed by atoms with Crippen molar-refractivity contribution in [2.24, 2.45) is 0 Å². The SMILES string of the molecule is CC(C)NCCCc1ncc(-c2cc(Br)cc(Br)c2)o1. The van der Waals surface area contributed by atoms with Gasteiger partial charge in [0.05, 0.1) is 6.20 Å². The Morgan fingerprint density at radius 2 is 1.90 bits per heavy atom. The van der Waals surface area contributed by atoms with Crippen molar-refractivity contribution in [1.82, 2.24) is 10.3 Å². The van der Waals surface area contributed by atoms with Crippen LogP contribution in [0, 0.1) is 0 Å². The van der Waals surface area contributed by atoms with Crippen molar-refractivity contribution in [3.05, 3.63) is 39.2 Å². The fourth-order valence-corrected chi connectivity index (χ4v) is 3.18. The first kappa shape index (κ1) is 15.7. The molecule has 2 aromatic rings. The average molecular weight is 402 g/mol. The van der Waals surface area contributed by atoms with Gasteiger partial charge in [-0.2, -0.15) is 0 Å². The van der Waals surface area contributed by atoms with E-state index in [1.54, 1.807) is 6.20 Å². The lowest BCUT2D eigenvalue weighted by atomic mass is 10.2. The quantitative estimate of drug-likeness (QED) is 0.706. The number of aromatic nitrogens is 1. The van der Waals surface area contributed by atoms with Crippen molar-refractivity contribution >= 4 is 31.9 Å². The molecule has 0 saturated heterocycles. The molecule has 0 unspecified atom stereocenters. The van der Waals surface area contributed by atoms with Crippen molar-refractivity contribution in [3.8, 4) is 11.3 Å². The van der Waals surface area contributed by atoms with Crippen LogP contribution in [0.2, 0.25) is 0 Å². The van der Waals surface area contributed by atoms with Gasteiger partial charge in [-0.3, -0.25) is 0 Å². The summed E-state index contributed by atoms with van der Waals surface area (Å²) in [5, 5.41) is 3.39. The summed E-state index contributed by atoms with van der Waals surface area (Å²) in [6, 6.07) is 6.57. The third-order valence-electron chi connectivity index (χ3n) is 2.82. The summed E-state index contributed by atoms with van der Waals surface area (Å²) in [5.41, 5.74) is 1.02. The highest BCUT2D eigenvalue weighted by molar-refractivity contribution is 9.11. The van der Waals surface area contributed by atoms with Gasteiger partial charge in [-0.1, -0.05) is 45.7 Å². The van der Waals surface area contributed by atoms with Crippen molar-refractivity contribution in [3.63, 3.8) is 0 Å². The molecule has 0 atom stereocenters. The maximum Gasteiger partial charge on any atom is 0.194 e. The Kier molecular flexibility index (Phi) is 5.81. The molecule has 1 heterocycles. The largest absolute Gasteiger partial charge is 0.441 e. The minimum absolute atomic E-state index is 0.522. The molecular formula is C15H18Br2N2O. The number of nitrogens with zero attached hydrogens (tertiary/aromatic N) is 1. The van der Waals surface area contributed by atoms with E-state index in [2.05, 4.69) is 56.0 Å². The van der Waals surface area contributed by atoms with E-state index in [0.717, 1.165) is 45.5 Å². The van der Waals surface area contributed by atoms with Crippen molar-refractivity contribution in [1.29, 1.82) is 0 Å². The van der Waals surface area contributed by atoms with Crippen LogP contribution in [0.5, 0.6) is 0 Å². The fraction of sp³-hybridized carbons (Fsp3) is 0.400. The van der Waals surface area contributed by atoms with Crippen LogP contribution in [0.4, 0.5) is 0 Å². The van der Waals surface area contributed by atoms with E-state index >= 15 is 0 Å². The molecule has 0 aliphatic carbocycles. The number of nitrogens with one attached hydrogen (secondary N) is 1. The van der Waals surface area contributed by atoms with Crippen LogP contribution in [0.25, 0.3) is 11.3 Å². The number of hydrogen-bond acceptors (Lipinski definition) is 3. The smallest absolute Gasteiger partial charge is 0.194 e. The molecule has 2 rings (SSSR count). The number of aryl methyl sites for hydroxylation is 1. The number of halogens is 2. The Labute approximate surface area is 136 Å². The molecule has 1 aromatic heterocycles. The minimum atomic E-state index is 0.522. The molecule has 1 N–H and O–H groups in total. The summed E-state index contributed by atoms with van der Waals surface area (Å²) >= 11 is 6.96. The maximum absolute atomic E-state index is 5.81. The molecule has 3 nitrogen and oxygen atoms in total. The van der Waals surface area contributed by atoms with Crippen LogP contribution in [0.3, 0.4) is 0 Å². The normalized spacial score (nSPS) is 11.2. The van der Waals surface area contributed by atoms with Gasteiger partial charge < -0.3 is 9.73 Å². The summed E-state index contributed by atoms with van der Waals surface area (Å²) in [6.45, 7) is 5.28. The van der Waals surface area contributed by atoms with E-state index in [4.69, 9.17) is 4.42 Å². The van der Waals surface area contributed by atoms with Crippen molar-refractivity contribution < 1.29 is 4.42 Å². The average Bonchev–Trinajstić information content (AvgIpc) is 2.82. The van der Waals surface area contributed by atoms with E-state index in [1.165, 1.54) is 0 Å². The predicted molar refractivity (Wildman–Crippen MR) is 88.8 cm³/mol. The predicted octanol–water partition coefficient (Wildman–Crippen LogP) is 4.80. The van der Waals surface area contributed by atoms with Gasteiger partial charge in [0, 0.05) is 27.0 Å². The van der Waals surface area contributed by atoms with E-state index in [1.807, 2.05) is 18.2 Å². The molecule has 0 radical (unpaired) electrons. The summed E-state index contributed by atoms with van der Waals surface area (Å²) in [5.74, 6) is 1.60. The zero-order valence-electron chi connectivity index (χ0n) is 11.6. The second-order valence-corrected chi connectivity index (χ2v) is 6.82. The third-order valence-corrected chi connectivity index (χ3v) is 3.74. The van der Waals surface area contributed by atoms with E-state index in [9.17, 15) is 0 Å². The number of oxazole rings is 1. The molecule has 0 fully saturated rings. The second kappa shape index (κ2) is 7.38. The molecule has 5 heteroatoms. The van der Waals surface area contributed by atoms with Crippen LogP contribution in [-0.4, -0.2) is 17.6 Å². The van der Waals surface area contributed by atoms with E-state index < -0.39 is 0 Å². The Bertz CT molecular complexity index is 547. The van der Waals surface area contributed by atoms with Crippen LogP contribution in [0.1, 0.15) is 26.2 Å². The maximum atomic E-state index is 5.81. The summed E-state index contributed by atoms with van der Waals surface area (Å²) in [4.78, 5) is 4.34. The van der Waals surface area contributed by atoms with Gasteiger partial charge in [-0.05, 0) is 31.2 Å². The Morgan fingerprint density at radius 3 is 2.55 bits per heavy atom. The zero-order chi connectivity index (χ0) is 14.5. The first-order chi connectivity index (χ1) is 9.54.